The van der Waals surface area contributed by atoms with Crippen molar-refractivity contribution in [3.63, 3.8) is 0 Å². The van der Waals surface area contributed by atoms with E-state index < -0.39 is 0 Å². The van der Waals surface area contributed by atoms with E-state index in [0.717, 1.165) is 24.2 Å². The molecule has 0 spiro atoms. The SMILES string of the molecule is Cc1cccc(CNC(=O)CCC(CCN)C(C)(C)C)n1. The third-order valence-corrected chi connectivity index (χ3v) is 3.87. The van der Waals surface area contributed by atoms with Crippen LogP contribution >= 0.6 is 0 Å². The van der Waals surface area contributed by atoms with E-state index in [1.54, 1.807) is 0 Å². The molecule has 21 heavy (non-hydrogen) atoms. The number of aromatic nitrogens is 1. The van der Waals surface area contributed by atoms with Gasteiger partial charge in [0, 0.05) is 12.1 Å². The number of rotatable bonds is 7. The van der Waals surface area contributed by atoms with Gasteiger partial charge in [0.15, 0.2) is 0 Å². The highest BCUT2D eigenvalue weighted by molar-refractivity contribution is 5.75. The zero-order valence-electron chi connectivity index (χ0n) is 13.8. The average molecular weight is 291 g/mol. The molecule has 1 aromatic heterocycles. The van der Waals surface area contributed by atoms with Crippen molar-refractivity contribution in [1.82, 2.24) is 10.3 Å². The zero-order chi connectivity index (χ0) is 15.9. The van der Waals surface area contributed by atoms with Crippen molar-refractivity contribution in [3.05, 3.63) is 29.6 Å². The molecule has 0 fully saturated rings. The quantitative estimate of drug-likeness (QED) is 0.811. The zero-order valence-corrected chi connectivity index (χ0v) is 13.8. The van der Waals surface area contributed by atoms with Crippen LogP contribution in [0.1, 0.15) is 51.4 Å². The van der Waals surface area contributed by atoms with Gasteiger partial charge in [0.1, 0.15) is 0 Å². The molecule has 1 unspecified atom stereocenters. The van der Waals surface area contributed by atoms with Crippen LogP contribution in [-0.2, 0) is 11.3 Å². The first kappa shape index (κ1) is 17.6. The summed E-state index contributed by atoms with van der Waals surface area (Å²) < 4.78 is 0. The lowest BCUT2D eigenvalue weighted by molar-refractivity contribution is -0.121. The molecule has 1 rings (SSSR count). The van der Waals surface area contributed by atoms with Gasteiger partial charge in [-0.25, -0.2) is 0 Å². The molecular weight excluding hydrogens is 262 g/mol. The van der Waals surface area contributed by atoms with Crippen molar-refractivity contribution in [1.29, 1.82) is 0 Å². The Morgan fingerprint density at radius 3 is 2.62 bits per heavy atom. The highest BCUT2D eigenvalue weighted by Gasteiger charge is 2.24. The Hall–Kier alpha value is -1.42. The number of nitrogens with one attached hydrogen (secondary N) is 1. The second-order valence-electron chi connectivity index (χ2n) is 6.73. The fourth-order valence-corrected chi connectivity index (χ4v) is 2.49. The number of carbonyl (C=O) groups excluding carboxylic acids is 1. The minimum Gasteiger partial charge on any atom is -0.350 e. The Morgan fingerprint density at radius 2 is 2.05 bits per heavy atom. The lowest BCUT2D eigenvalue weighted by Crippen LogP contribution is -2.27. The molecular formula is C17H29N3O. The third-order valence-electron chi connectivity index (χ3n) is 3.87. The Labute approximate surface area is 128 Å². The van der Waals surface area contributed by atoms with E-state index in [2.05, 4.69) is 31.1 Å². The summed E-state index contributed by atoms with van der Waals surface area (Å²) in [7, 11) is 0. The van der Waals surface area contributed by atoms with Crippen LogP contribution in [0.15, 0.2) is 18.2 Å². The summed E-state index contributed by atoms with van der Waals surface area (Å²) >= 11 is 0. The smallest absolute Gasteiger partial charge is 0.220 e. The van der Waals surface area contributed by atoms with Gasteiger partial charge < -0.3 is 11.1 Å². The number of nitrogens with zero attached hydrogens (tertiary/aromatic N) is 1. The van der Waals surface area contributed by atoms with Crippen LogP contribution in [0.25, 0.3) is 0 Å². The molecule has 0 aliphatic carbocycles. The molecule has 0 saturated heterocycles. The molecule has 0 radical (unpaired) electrons. The van der Waals surface area contributed by atoms with Gasteiger partial charge in [0.05, 0.1) is 12.2 Å². The van der Waals surface area contributed by atoms with Gasteiger partial charge in [-0.3, -0.25) is 9.78 Å². The molecule has 0 saturated carbocycles. The molecule has 1 amide bonds. The minimum atomic E-state index is 0.0876. The van der Waals surface area contributed by atoms with Crippen LogP contribution in [0.2, 0.25) is 0 Å². The van der Waals surface area contributed by atoms with Crippen LogP contribution < -0.4 is 11.1 Å². The van der Waals surface area contributed by atoms with E-state index in [1.165, 1.54) is 0 Å². The fraction of sp³-hybridized carbons (Fsp3) is 0.647. The lowest BCUT2D eigenvalue weighted by atomic mass is 9.76. The Morgan fingerprint density at radius 1 is 1.33 bits per heavy atom. The minimum absolute atomic E-state index is 0.0876. The fourth-order valence-electron chi connectivity index (χ4n) is 2.49. The topological polar surface area (TPSA) is 68.0 Å². The summed E-state index contributed by atoms with van der Waals surface area (Å²) in [4.78, 5) is 16.3. The number of amides is 1. The Bertz CT molecular complexity index is 452. The van der Waals surface area contributed by atoms with E-state index >= 15 is 0 Å². The summed E-state index contributed by atoms with van der Waals surface area (Å²) in [6.45, 7) is 9.76. The summed E-state index contributed by atoms with van der Waals surface area (Å²) in [5.74, 6) is 0.565. The van der Waals surface area contributed by atoms with Gasteiger partial charge in [-0.1, -0.05) is 26.8 Å². The van der Waals surface area contributed by atoms with Gasteiger partial charge in [0.2, 0.25) is 5.91 Å². The molecule has 0 bridgehead atoms. The van der Waals surface area contributed by atoms with Gasteiger partial charge in [-0.15, -0.1) is 0 Å². The number of pyridine rings is 1. The van der Waals surface area contributed by atoms with Crippen LogP contribution in [0.4, 0.5) is 0 Å². The van der Waals surface area contributed by atoms with Crippen molar-refractivity contribution in [2.24, 2.45) is 17.1 Å². The van der Waals surface area contributed by atoms with E-state index in [-0.39, 0.29) is 11.3 Å². The molecule has 0 aromatic carbocycles. The third kappa shape index (κ3) is 6.71. The molecule has 1 atom stereocenters. The highest BCUT2D eigenvalue weighted by atomic mass is 16.1. The largest absolute Gasteiger partial charge is 0.350 e. The lowest BCUT2D eigenvalue weighted by Gasteiger charge is -2.30. The summed E-state index contributed by atoms with van der Waals surface area (Å²) in [6, 6.07) is 5.84. The standard InChI is InChI=1S/C17H29N3O/c1-13-6-5-7-15(20-13)12-19-16(21)9-8-14(10-11-18)17(2,3)4/h5-7,14H,8-12,18H2,1-4H3,(H,19,21). The van der Waals surface area contributed by atoms with E-state index in [9.17, 15) is 4.79 Å². The highest BCUT2D eigenvalue weighted by Crippen LogP contribution is 2.31. The molecule has 3 N–H and O–H groups in total. The first-order valence-electron chi connectivity index (χ1n) is 7.72. The van der Waals surface area contributed by atoms with Crippen molar-refractivity contribution in [2.75, 3.05) is 6.54 Å². The van der Waals surface area contributed by atoms with E-state index in [0.29, 0.717) is 25.4 Å². The number of hydrogen-bond acceptors (Lipinski definition) is 3. The number of aryl methyl sites for hydroxylation is 1. The van der Waals surface area contributed by atoms with Crippen LogP contribution in [0.3, 0.4) is 0 Å². The van der Waals surface area contributed by atoms with Gasteiger partial charge in [-0.05, 0) is 49.8 Å². The average Bonchev–Trinajstić information content (AvgIpc) is 2.40. The summed E-state index contributed by atoms with van der Waals surface area (Å²) in [6.07, 6.45) is 2.40. The van der Waals surface area contributed by atoms with Gasteiger partial charge in [-0.2, -0.15) is 0 Å². The van der Waals surface area contributed by atoms with Crippen LogP contribution in [-0.4, -0.2) is 17.4 Å². The number of nitrogens with two attached hydrogens (primary N) is 1. The molecule has 4 nitrogen and oxygen atoms in total. The predicted octanol–water partition coefficient (Wildman–Crippen LogP) is 2.80. The molecule has 0 aliphatic heterocycles. The van der Waals surface area contributed by atoms with Crippen molar-refractivity contribution in [3.8, 4) is 0 Å². The van der Waals surface area contributed by atoms with E-state index in [4.69, 9.17) is 5.73 Å². The maximum Gasteiger partial charge on any atom is 0.220 e. The molecule has 0 aliphatic rings. The maximum atomic E-state index is 12.0. The second kappa shape index (κ2) is 8.13. The van der Waals surface area contributed by atoms with Crippen molar-refractivity contribution < 1.29 is 4.79 Å². The first-order valence-corrected chi connectivity index (χ1v) is 7.72. The molecule has 4 heteroatoms. The molecule has 1 aromatic rings. The van der Waals surface area contributed by atoms with Crippen molar-refractivity contribution in [2.45, 2.75) is 53.5 Å². The first-order chi connectivity index (χ1) is 9.82. The normalized spacial score (nSPS) is 13.0. The number of hydrogen-bond donors (Lipinski definition) is 2. The van der Waals surface area contributed by atoms with Crippen LogP contribution in [0.5, 0.6) is 0 Å². The predicted molar refractivity (Wildman–Crippen MR) is 86.7 cm³/mol. The van der Waals surface area contributed by atoms with Crippen molar-refractivity contribution >= 4 is 5.91 Å². The monoisotopic (exact) mass is 291 g/mol. The summed E-state index contributed by atoms with van der Waals surface area (Å²) in [5.41, 5.74) is 7.74. The molecule has 1 heterocycles. The Balaban J connectivity index is 2.39. The van der Waals surface area contributed by atoms with Gasteiger partial charge >= 0.3 is 0 Å². The number of carbonyl (C=O) groups is 1. The van der Waals surface area contributed by atoms with Gasteiger partial charge in [0.25, 0.3) is 0 Å². The van der Waals surface area contributed by atoms with E-state index in [1.807, 2.05) is 25.1 Å². The summed E-state index contributed by atoms with van der Waals surface area (Å²) in [5, 5.41) is 2.94. The molecule has 118 valence electrons. The maximum absolute atomic E-state index is 12.0. The Kier molecular flexibility index (Phi) is 6.82. The van der Waals surface area contributed by atoms with Crippen LogP contribution in [0, 0.1) is 18.3 Å². The second-order valence-corrected chi connectivity index (χ2v) is 6.73.